The Morgan fingerprint density at radius 3 is 2.49 bits per heavy atom. The van der Waals surface area contributed by atoms with Crippen molar-refractivity contribution in [2.24, 2.45) is 0 Å². The molecule has 1 saturated carbocycles. The summed E-state index contributed by atoms with van der Waals surface area (Å²) in [5.41, 5.74) is 2.57. The zero-order valence-electron chi connectivity index (χ0n) is 23.1. The monoisotopic (exact) mass is 530 g/mol. The van der Waals surface area contributed by atoms with E-state index in [1.807, 2.05) is 53.2 Å². The Bertz CT molecular complexity index is 1420. The predicted octanol–water partition coefficient (Wildman–Crippen LogP) is 5.26. The number of aromatic amines is 1. The minimum atomic E-state index is -0.0652. The maximum atomic E-state index is 13.3. The summed E-state index contributed by atoms with van der Waals surface area (Å²) in [7, 11) is 3.30. The lowest BCUT2D eigenvalue weighted by Gasteiger charge is -2.39. The average Bonchev–Trinajstić information content (AvgIpc) is 3.43. The van der Waals surface area contributed by atoms with Crippen molar-refractivity contribution in [3.8, 4) is 11.5 Å². The van der Waals surface area contributed by atoms with Crippen molar-refractivity contribution in [1.82, 2.24) is 30.1 Å². The van der Waals surface area contributed by atoms with Crippen LogP contribution in [0.4, 0.5) is 0 Å². The number of methoxy groups -OCH3 is 2. The van der Waals surface area contributed by atoms with Crippen LogP contribution < -0.4 is 15.0 Å². The Labute approximate surface area is 229 Å². The summed E-state index contributed by atoms with van der Waals surface area (Å²) in [4.78, 5) is 18.9. The number of tetrazole rings is 1. The van der Waals surface area contributed by atoms with Gasteiger partial charge < -0.3 is 14.5 Å². The number of hydrogen-bond donors (Lipinski definition) is 1. The highest BCUT2D eigenvalue weighted by Gasteiger charge is 2.32. The Balaban J connectivity index is 1.49. The Hall–Kier alpha value is -3.72. The lowest BCUT2D eigenvalue weighted by molar-refractivity contribution is 0.0812. The summed E-state index contributed by atoms with van der Waals surface area (Å²) in [6.07, 6.45) is 7.77. The second-order valence-electron chi connectivity index (χ2n) is 10.4. The molecule has 4 aromatic rings. The van der Waals surface area contributed by atoms with E-state index in [-0.39, 0.29) is 11.6 Å². The Morgan fingerprint density at radius 2 is 1.77 bits per heavy atom. The smallest absolute Gasteiger partial charge is 0.252 e. The van der Waals surface area contributed by atoms with Gasteiger partial charge >= 0.3 is 0 Å². The first-order valence-electron chi connectivity index (χ1n) is 13.9. The van der Waals surface area contributed by atoms with E-state index in [2.05, 4.69) is 32.3 Å². The normalized spacial score (nSPS) is 15.1. The molecule has 0 unspecified atom stereocenters. The second kappa shape index (κ2) is 12.4. The molecule has 2 aromatic heterocycles. The van der Waals surface area contributed by atoms with Crippen molar-refractivity contribution in [2.45, 2.75) is 77.0 Å². The molecule has 1 atom stereocenters. The molecule has 0 radical (unpaired) electrons. The van der Waals surface area contributed by atoms with E-state index < -0.39 is 0 Å². The van der Waals surface area contributed by atoms with Crippen molar-refractivity contribution < 1.29 is 9.47 Å². The molecule has 0 spiro atoms. The molecule has 2 heterocycles. The molecule has 1 aliphatic rings. The van der Waals surface area contributed by atoms with E-state index >= 15 is 0 Å². The van der Waals surface area contributed by atoms with Crippen molar-refractivity contribution >= 4 is 10.9 Å². The lowest BCUT2D eigenvalue weighted by atomic mass is 9.91. The summed E-state index contributed by atoms with van der Waals surface area (Å²) in [5, 5.41) is 14.0. The summed E-state index contributed by atoms with van der Waals surface area (Å²) in [5.74, 6) is 2.39. The second-order valence-corrected chi connectivity index (χ2v) is 10.4. The van der Waals surface area contributed by atoms with E-state index in [1.54, 1.807) is 14.2 Å². The van der Waals surface area contributed by atoms with E-state index in [4.69, 9.17) is 9.47 Å². The van der Waals surface area contributed by atoms with Crippen LogP contribution in [0.3, 0.4) is 0 Å². The van der Waals surface area contributed by atoms with Crippen LogP contribution in [0.15, 0.2) is 53.3 Å². The molecule has 0 bridgehead atoms. The maximum Gasteiger partial charge on any atom is 0.252 e. The van der Waals surface area contributed by atoms with Gasteiger partial charge in [0.05, 0.1) is 32.3 Å². The maximum absolute atomic E-state index is 13.3. The van der Waals surface area contributed by atoms with E-state index in [0.29, 0.717) is 19.1 Å². The molecule has 206 valence electrons. The van der Waals surface area contributed by atoms with Crippen LogP contribution in [0, 0.1) is 0 Å². The summed E-state index contributed by atoms with van der Waals surface area (Å²) in [6.45, 7) is 3.31. The van der Waals surface area contributed by atoms with Crippen LogP contribution >= 0.6 is 0 Å². The van der Waals surface area contributed by atoms with Crippen molar-refractivity contribution in [3.05, 3.63) is 75.8 Å². The number of benzene rings is 2. The molecule has 1 N–H and O–H groups in total. The number of nitrogens with zero attached hydrogens (tertiary/aromatic N) is 5. The number of ether oxygens (including phenoxy) is 2. The van der Waals surface area contributed by atoms with Crippen LogP contribution in [0.5, 0.6) is 11.5 Å². The first kappa shape index (κ1) is 26.9. The zero-order valence-corrected chi connectivity index (χ0v) is 23.1. The third-order valence-corrected chi connectivity index (χ3v) is 7.84. The van der Waals surface area contributed by atoms with E-state index in [1.165, 1.54) is 19.3 Å². The van der Waals surface area contributed by atoms with Gasteiger partial charge in [0.1, 0.15) is 11.5 Å². The van der Waals surface area contributed by atoms with Gasteiger partial charge in [0.15, 0.2) is 5.82 Å². The molecule has 9 nitrogen and oxygen atoms in total. The van der Waals surface area contributed by atoms with Gasteiger partial charge in [-0.25, -0.2) is 4.68 Å². The molecule has 39 heavy (non-hydrogen) atoms. The molecular weight excluding hydrogens is 492 g/mol. The topological polar surface area (TPSA) is 98.2 Å². The number of H-pyrrole nitrogens is 1. The minimum absolute atomic E-state index is 0.00249. The van der Waals surface area contributed by atoms with E-state index in [0.717, 1.165) is 65.0 Å². The number of hydrogen-bond acceptors (Lipinski definition) is 7. The van der Waals surface area contributed by atoms with Gasteiger partial charge in [0.2, 0.25) is 0 Å². The molecule has 0 amide bonds. The van der Waals surface area contributed by atoms with Gasteiger partial charge in [-0.15, -0.1) is 5.10 Å². The summed E-state index contributed by atoms with van der Waals surface area (Å²) in [6, 6.07) is 16.2. The lowest BCUT2D eigenvalue weighted by Crippen LogP contribution is -2.41. The van der Waals surface area contributed by atoms with Crippen LogP contribution in [0.25, 0.3) is 10.9 Å². The summed E-state index contributed by atoms with van der Waals surface area (Å²) < 4.78 is 12.6. The Kier molecular flexibility index (Phi) is 8.56. The number of pyridine rings is 1. The van der Waals surface area contributed by atoms with Gasteiger partial charge in [-0.2, -0.15) is 0 Å². The van der Waals surface area contributed by atoms with Crippen LogP contribution in [0.2, 0.25) is 0 Å². The SMILES string of the molecule is CCC[C@H](c1nnnn1Cc1ccc(OC)cc1)N(Cc1cc2ccc(OC)cc2[nH]c1=O)C1CCCCC1. The molecule has 1 aliphatic carbocycles. The average molecular weight is 531 g/mol. The quantitative estimate of drug-likeness (QED) is 0.283. The van der Waals surface area contributed by atoms with Crippen LogP contribution in [-0.2, 0) is 13.1 Å². The molecule has 1 fully saturated rings. The van der Waals surface area contributed by atoms with Gasteiger partial charge in [-0.3, -0.25) is 9.69 Å². The zero-order chi connectivity index (χ0) is 27.2. The van der Waals surface area contributed by atoms with Crippen molar-refractivity contribution in [3.63, 3.8) is 0 Å². The highest BCUT2D eigenvalue weighted by atomic mass is 16.5. The van der Waals surface area contributed by atoms with Crippen molar-refractivity contribution in [2.75, 3.05) is 14.2 Å². The summed E-state index contributed by atoms with van der Waals surface area (Å²) >= 11 is 0. The minimum Gasteiger partial charge on any atom is -0.497 e. The third kappa shape index (κ3) is 6.14. The fraction of sp³-hybridized carbons (Fsp3) is 0.467. The number of fused-ring (bicyclic) bond motifs is 1. The number of nitrogens with one attached hydrogen (secondary N) is 1. The molecule has 9 heteroatoms. The van der Waals surface area contributed by atoms with Crippen LogP contribution in [-0.4, -0.2) is 50.4 Å². The highest BCUT2D eigenvalue weighted by Crippen LogP contribution is 2.34. The largest absolute Gasteiger partial charge is 0.497 e. The third-order valence-electron chi connectivity index (χ3n) is 7.84. The standard InChI is InChI=1S/C30H38N6O3/c1-4-8-28(29-32-33-34-36(29)19-21-11-14-25(38-2)15-12-21)35(24-9-6-5-7-10-24)20-23-17-22-13-16-26(39-3)18-27(22)31-30(23)37/h11-18,24,28H,4-10,19-20H2,1-3H3,(H,31,37)/t28-/m1/s1. The highest BCUT2D eigenvalue weighted by molar-refractivity contribution is 5.80. The van der Waals surface area contributed by atoms with Gasteiger partial charge in [0, 0.05) is 24.2 Å². The predicted molar refractivity (Wildman–Crippen MR) is 151 cm³/mol. The fourth-order valence-electron chi connectivity index (χ4n) is 5.76. The van der Waals surface area contributed by atoms with Gasteiger partial charge in [-0.1, -0.05) is 44.7 Å². The van der Waals surface area contributed by atoms with Crippen LogP contribution in [0.1, 0.15) is 74.9 Å². The molecular formula is C30H38N6O3. The molecule has 5 rings (SSSR count). The number of rotatable bonds is 11. The molecule has 2 aromatic carbocycles. The first-order valence-corrected chi connectivity index (χ1v) is 13.9. The Morgan fingerprint density at radius 1 is 1.03 bits per heavy atom. The molecule has 0 aliphatic heterocycles. The first-order chi connectivity index (χ1) is 19.1. The van der Waals surface area contributed by atoms with Gasteiger partial charge in [-0.05, 0) is 71.0 Å². The van der Waals surface area contributed by atoms with Gasteiger partial charge in [0.25, 0.3) is 5.56 Å². The van der Waals surface area contributed by atoms with Crippen molar-refractivity contribution in [1.29, 1.82) is 0 Å². The molecule has 0 saturated heterocycles. The van der Waals surface area contributed by atoms with E-state index in [9.17, 15) is 4.79 Å². The number of aromatic nitrogens is 5. The fourth-order valence-corrected chi connectivity index (χ4v) is 5.76.